The Morgan fingerprint density at radius 3 is 2.00 bits per heavy atom. The van der Waals surface area contributed by atoms with Gasteiger partial charge in [0, 0.05) is 12.3 Å². The highest BCUT2D eigenvalue weighted by Crippen LogP contribution is 2.48. The Hall–Kier alpha value is -2.70. The van der Waals surface area contributed by atoms with Gasteiger partial charge in [-0.2, -0.15) is 5.10 Å². The van der Waals surface area contributed by atoms with Crippen LogP contribution in [0, 0.1) is 29.1 Å². The molecule has 38 heavy (non-hydrogen) atoms. The van der Waals surface area contributed by atoms with Crippen LogP contribution in [0.15, 0.2) is 28.8 Å². The molecule has 0 spiro atoms. The second-order valence-electron chi connectivity index (χ2n) is 7.35. The Bertz CT molecular complexity index is 1520. The van der Waals surface area contributed by atoms with E-state index in [0.29, 0.717) is 0 Å². The molecule has 0 fully saturated rings. The van der Waals surface area contributed by atoms with Gasteiger partial charge >= 0.3 is 0 Å². The van der Waals surface area contributed by atoms with Crippen molar-refractivity contribution in [2.75, 3.05) is 5.32 Å². The van der Waals surface area contributed by atoms with Crippen molar-refractivity contribution in [1.82, 2.24) is 9.78 Å². The predicted octanol–water partition coefficient (Wildman–Crippen LogP) is 8.32. The number of hydrogen-bond acceptors (Lipinski definition) is 4. The highest BCUT2D eigenvalue weighted by Gasteiger charge is 2.26. The van der Waals surface area contributed by atoms with E-state index in [2.05, 4.69) is 10.4 Å². The van der Waals surface area contributed by atoms with Gasteiger partial charge in [0.2, 0.25) is 5.82 Å². The summed E-state index contributed by atoms with van der Waals surface area (Å²) in [4.78, 5) is 12.5. The summed E-state index contributed by atoms with van der Waals surface area (Å²) >= 11 is 30.1. The SMILES string of the molecule is O=C(Nc1ccn(Cc2c(F)c(F)c(F)c(F)c2F)n1)c1ccc(COc2c(Cl)c(Cl)c(Cl)c(Cl)c2Cl)o1. The van der Waals surface area contributed by atoms with Crippen LogP contribution in [0.3, 0.4) is 0 Å². The topological polar surface area (TPSA) is 69.3 Å². The number of furan rings is 1. The number of hydrogen-bond donors (Lipinski definition) is 1. The Kier molecular flexibility index (Phi) is 8.34. The number of ether oxygens (including phenoxy) is 1. The van der Waals surface area contributed by atoms with Gasteiger partial charge in [0.25, 0.3) is 5.91 Å². The van der Waals surface area contributed by atoms with Gasteiger partial charge in [-0.15, -0.1) is 0 Å². The van der Waals surface area contributed by atoms with E-state index >= 15 is 0 Å². The fourth-order valence-electron chi connectivity index (χ4n) is 3.08. The van der Waals surface area contributed by atoms with E-state index < -0.39 is 47.1 Å². The molecule has 0 radical (unpaired) electrons. The Morgan fingerprint density at radius 2 is 1.39 bits per heavy atom. The first-order valence-corrected chi connectivity index (χ1v) is 11.9. The van der Waals surface area contributed by atoms with Crippen molar-refractivity contribution in [3.8, 4) is 5.75 Å². The van der Waals surface area contributed by atoms with Gasteiger partial charge in [0.1, 0.15) is 22.4 Å². The largest absolute Gasteiger partial charge is 0.482 e. The molecular weight excluding hydrogens is 627 g/mol. The molecule has 1 amide bonds. The summed E-state index contributed by atoms with van der Waals surface area (Å²) in [6, 6.07) is 3.96. The van der Waals surface area contributed by atoms with Gasteiger partial charge in [-0.05, 0) is 12.1 Å². The summed E-state index contributed by atoms with van der Waals surface area (Å²) < 4.78 is 79.7. The normalized spacial score (nSPS) is 11.2. The maximum atomic E-state index is 13.9. The molecule has 0 saturated heterocycles. The second-order valence-corrected chi connectivity index (χ2v) is 9.24. The van der Waals surface area contributed by atoms with Crippen molar-refractivity contribution in [2.45, 2.75) is 13.2 Å². The summed E-state index contributed by atoms with van der Waals surface area (Å²) in [5, 5.41) is 5.83. The zero-order chi connectivity index (χ0) is 27.9. The fourth-order valence-corrected chi connectivity index (χ4v) is 4.31. The summed E-state index contributed by atoms with van der Waals surface area (Å²) in [5.41, 5.74) is -1.10. The molecule has 2 aromatic heterocycles. The third-order valence-electron chi connectivity index (χ3n) is 4.92. The van der Waals surface area contributed by atoms with Gasteiger partial charge in [0.15, 0.2) is 40.6 Å². The zero-order valence-electron chi connectivity index (χ0n) is 18.1. The van der Waals surface area contributed by atoms with Gasteiger partial charge in [-0.25, -0.2) is 22.0 Å². The molecule has 4 rings (SSSR count). The molecule has 16 heteroatoms. The molecule has 200 valence electrons. The monoisotopic (exact) mass is 633 g/mol. The molecule has 0 atom stereocenters. The quantitative estimate of drug-likeness (QED) is 0.126. The fraction of sp³-hybridized carbons (Fsp3) is 0.0909. The van der Waals surface area contributed by atoms with Crippen LogP contribution in [0.2, 0.25) is 25.1 Å². The summed E-state index contributed by atoms with van der Waals surface area (Å²) in [6.45, 7) is -1.04. The molecule has 4 aromatic rings. The molecular formula is C22H9Cl5F5N3O3. The van der Waals surface area contributed by atoms with E-state index in [-0.39, 0.29) is 54.8 Å². The van der Waals surface area contributed by atoms with E-state index in [0.717, 1.165) is 10.9 Å². The van der Waals surface area contributed by atoms with Crippen LogP contribution in [-0.4, -0.2) is 15.7 Å². The number of benzene rings is 2. The van der Waals surface area contributed by atoms with Crippen molar-refractivity contribution in [2.24, 2.45) is 0 Å². The number of amides is 1. The molecule has 2 heterocycles. The summed E-state index contributed by atoms with van der Waals surface area (Å²) in [7, 11) is 0. The lowest BCUT2D eigenvalue weighted by molar-refractivity contribution is 0.0992. The Morgan fingerprint density at radius 1 is 0.842 bits per heavy atom. The molecule has 0 aliphatic carbocycles. The smallest absolute Gasteiger partial charge is 0.292 e. The number of nitrogens with one attached hydrogen (secondary N) is 1. The molecule has 0 aliphatic rings. The maximum absolute atomic E-state index is 13.9. The lowest BCUT2D eigenvalue weighted by Gasteiger charge is -2.12. The van der Waals surface area contributed by atoms with Crippen molar-refractivity contribution in [3.05, 3.63) is 95.7 Å². The highest BCUT2D eigenvalue weighted by atomic mass is 35.5. The van der Waals surface area contributed by atoms with Crippen LogP contribution in [0.4, 0.5) is 27.8 Å². The van der Waals surface area contributed by atoms with E-state index in [1.54, 1.807) is 0 Å². The molecule has 0 unspecified atom stereocenters. The second kappa shape index (κ2) is 11.2. The molecule has 1 N–H and O–H groups in total. The first-order chi connectivity index (χ1) is 17.9. The van der Waals surface area contributed by atoms with Crippen LogP contribution in [0.25, 0.3) is 0 Å². The van der Waals surface area contributed by atoms with Gasteiger partial charge in [0.05, 0.1) is 27.2 Å². The third kappa shape index (κ3) is 5.39. The van der Waals surface area contributed by atoms with Crippen LogP contribution in [-0.2, 0) is 13.2 Å². The van der Waals surface area contributed by atoms with Crippen molar-refractivity contribution in [1.29, 1.82) is 0 Å². The lowest BCUT2D eigenvalue weighted by atomic mass is 10.1. The molecule has 0 saturated carbocycles. The van der Waals surface area contributed by atoms with Crippen LogP contribution in [0.5, 0.6) is 5.75 Å². The molecule has 6 nitrogen and oxygen atoms in total. The maximum Gasteiger partial charge on any atom is 0.292 e. The third-order valence-corrected chi connectivity index (χ3v) is 7.16. The minimum Gasteiger partial charge on any atom is -0.482 e. The van der Waals surface area contributed by atoms with Crippen molar-refractivity contribution in [3.63, 3.8) is 0 Å². The van der Waals surface area contributed by atoms with Crippen LogP contribution >= 0.6 is 58.0 Å². The average molecular weight is 636 g/mol. The standard InChI is InChI=1S/C22H9Cl5F5N3O3/c23-11-12(24)14(26)21(15(27)13(11)25)37-6-7-1-2-9(38-7)22(36)33-10-3-4-35(34-10)5-8-16(28)18(30)20(32)19(31)17(8)29/h1-4H,5-6H2,(H,33,34,36). The van der Waals surface area contributed by atoms with E-state index in [9.17, 15) is 26.7 Å². The van der Waals surface area contributed by atoms with Gasteiger partial charge in [-0.1, -0.05) is 58.0 Å². The summed E-state index contributed by atoms with van der Waals surface area (Å²) in [5.74, 6) is -11.3. The predicted molar refractivity (Wildman–Crippen MR) is 130 cm³/mol. The first-order valence-electron chi connectivity index (χ1n) is 9.98. The number of anilines is 1. The van der Waals surface area contributed by atoms with Gasteiger partial charge < -0.3 is 14.5 Å². The highest BCUT2D eigenvalue weighted by molar-refractivity contribution is 6.55. The summed E-state index contributed by atoms with van der Waals surface area (Å²) in [6.07, 6.45) is 1.16. The Balaban J connectivity index is 1.43. The van der Waals surface area contributed by atoms with E-state index in [1.165, 1.54) is 18.2 Å². The number of carbonyl (C=O) groups is 1. The van der Waals surface area contributed by atoms with Crippen molar-refractivity contribution < 1.29 is 35.9 Å². The first kappa shape index (κ1) is 28.3. The average Bonchev–Trinajstić information content (AvgIpc) is 3.56. The van der Waals surface area contributed by atoms with Gasteiger partial charge in [-0.3, -0.25) is 9.48 Å². The number of rotatable bonds is 7. The lowest BCUT2D eigenvalue weighted by Crippen LogP contribution is -2.13. The minimum absolute atomic E-state index is 0.0534. The minimum atomic E-state index is -2.27. The molecule has 0 aliphatic heterocycles. The zero-order valence-corrected chi connectivity index (χ0v) is 21.9. The van der Waals surface area contributed by atoms with E-state index in [1.807, 2.05) is 0 Å². The molecule has 2 aromatic carbocycles. The van der Waals surface area contributed by atoms with Crippen LogP contribution in [0.1, 0.15) is 21.9 Å². The van der Waals surface area contributed by atoms with E-state index in [4.69, 9.17) is 67.2 Å². The number of halogens is 10. The molecule has 0 bridgehead atoms. The Labute approximate surface area is 234 Å². The number of nitrogens with zero attached hydrogens (tertiary/aromatic N) is 2. The van der Waals surface area contributed by atoms with Crippen molar-refractivity contribution >= 4 is 69.7 Å². The number of carbonyl (C=O) groups excluding carboxylic acids is 1. The number of aromatic nitrogens is 2. The van der Waals surface area contributed by atoms with Crippen LogP contribution < -0.4 is 10.1 Å².